The Morgan fingerprint density at radius 1 is 1.67 bits per heavy atom. The van der Waals surface area contributed by atoms with Crippen LogP contribution in [0.5, 0.6) is 0 Å². The third-order valence-corrected chi connectivity index (χ3v) is 2.46. The summed E-state index contributed by atoms with van der Waals surface area (Å²) in [7, 11) is 0. The van der Waals surface area contributed by atoms with Gasteiger partial charge in [0, 0.05) is 12.5 Å². The second-order valence-corrected chi connectivity index (χ2v) is 3.82. The largest absolute Gasteiger partial charge is 0.393 e. The molecule has 1 amide bonds. The SMILES string of the molecule is CC(C)C(O)CC1CCNC1=O. The molecule has 1 rings (SSSR count). The summed E-state index contributed by atoms with van der Waals surface area (Å²) in [6, 6.07) is 0. The van der Waals surface area contributed by atoms with Gasteiger partial charge in [-0.2, -0.15) is 0 Å². The van der Waals surface area contributed by atoms with Crippen LogP contribution in [0.3, 0.4) is 0 Å². The molecule has 3 nitrogen and oxygen atoms in total. The van der Waals surface area contributed by atoms with Crippen LogP contribution in [0.2, 0.25) is 0 Å². The Bertz CT molecular complexity index is 168. The number of rotatable bonds is 3. The molecule has 0 saturated carbocycles. The van der Waals surface area contributed by atoms with E-state index in [0.717, 1.165) is 13.0 Å². The Balaban J connectivity index is 2.35. The lowest BCUT2D eigenvalue weighted by Gasteiger charge is -2.16. The average molecular weight is 171 g/mol. The molecule has 70 valence electrons. The maximum absolute atomic E-state index is 11.1. The molecule has 1 saturated heterocycles. The summed E-state index contributed by atoms with van der Waals surface area (Å²) >= 11 is 0. The molecule has 1 heterocycles. The van der Waals surface area contributed by atoms with E-state index in [1.807, 2.05) is 13.8 Å². The normalized spacial score (nSPS) is 26.0. The molecule has 0 spiro atoms. The van der Waals surface area contributed by atoms with Gasteiger partial charge in [-0.1, -0.05) is 13.8 Å². The fourth-order valence-electron chi connectivity index (χ4n) is 1.43. The van der Waals surface area contributed by atoms with E-state index in [1.54, 1.807) is 0 Å². The molecule has 0 radical (unpaired) electrons. The smallest absolute Gasteiger partial charge is 0.223 e. The highest BCUT2D eigenvalue weighted by Gasteiger charge is 2.27. The summed E-state index contributed by atoms with van der Waals surface area (Å²) in [6.07, 6.45) is 1.16. The number of hydrogen-bond donors (Lipinski definition) is 2. The summed E-state index contributed by atoms with van der Waals surface area (Å²) in [4.78, 5) is 11.1. The highest BCUT2D eigenvalue weighted by atomic mass is 16.3. The van der Waals surface area contributed by atoms with Crippen molar-refractivity contribution in [1.29, 1.82) is 0 Å². The Kier molecular flexibility index (Phi) is 3.09. The second kappa shape index (κ2) is 3.90. The van der Waals surface area contributed by atoms with Crippen LogP contribution in [-0.4, -0.2) is 23.7 Å². The van der Waals surface area contributed by atoms with Crippen LogP contribution in [0.25, 0.3) is 0 Å². The first-order valence-corrected chi connectivity index (χ1v) is 4.57. The van der Waals surface area contributed by atoms with E-state index in [-0.39, 0.29) is 23.8 Å². The zero-order valence-corrected chi connectivity index (χ0v) is 7.71. The summed E-state index contributed by atoms with van der Waals surface area (Å²) < 4.78 is 0. The van der Waals surface area contributed by atoms with Crippen molar-refractivity contribution in [1.82, 2.24) is 5.32 Å². The van der Waals surface area contributed by atoms with Crippen LogP contribution < -0.4 is 5.32 Å². The van der Waals surface area contributed by atoms with Crippen LogP contribution in [-0.2, 0) is 4.79 Å². The highest BCUT2D eigenvalue weighted by Crippen LogP contribution is 2.19. The molecule has 1 aliphatic rings. The van der Waals surface area contributed by atoms with Gasteiger partial charge in [0.15, 0.2) is 0 Å². The Labute approximate surface area is 73.2 Å². The van der Waals surface area contributed by atoms with Gasteiger partial charge in [0.05, 0.1) is 6.10 Å². The average Bonchev–Trinajstić information content (AvgIpc) is 2.36. The second-order valence-electron chi connectivity index (χ2n) is 3.82. The number of hydrogen-bond acceptors (Lipinski definition) is 2. The van der Waals surface area contributed by atoms with E-state index in [9.17, 15) is 9.90 Å². The standard InChI is InChI=1S/C9H17NO2/c1-6(2)8(11)5-7-3-4-10-9(7)12/h6-8,11H,3-5H2,1-2H3,(H,10,12). The first-order valence-electron chi connectivity index (χ1n) is 4.57. The fourth-order valence-corrected chi connectivity index (χ4v) is 1.43. The Morgan fingerprint density at radius 3 is 2.75 bits per heavy atom. The van der Waals surface area contributed by atoms with Crippen LogP contribution >= 0.6 is 0 Å². The van der Waals surface area contributed by atoms with Crippen molar-refractivity contribution in [2.45, 2.75) is 32.8 Å². The van der Waals surface area contributed by atoms with Gasteiger partial charge in [-0.05, 0) is 18.8 Å². The van der Waals surface area contributed by atoms with E-state index in [1.165, 1.54) is 0 Å². The van der Waals surface area contributed by atoms with E-state index in [4.69, 9.17) is 0 Å². The molecule has 1 fully saturated rings. The fraction of sp³-hybridized carbons (Fsp3) is 0.889. The minimum absolute atomic E-state index is 0.0439. The van der Waals surface area contributed by atoms with Crippen molar-refractivity contribution in [3.8, 4) is 0 Å². The van der Waals surface area contributed by atoms with Gasteiger partial charge in [-0.3, -0.25) is 4.79 Å². The quantitative estimate of drug-likeness (QED) is 0.650. The van der Waals surface area contributed by atoms with Crippen molar-refractivity contribution in [3.63, 3.8) is 0 Å². The van der Waals surface area contributed by atoms with Gasteiger partial charge in [-0.15, -0.1) is 0 Å². The topological polar surface area (TPSA) is 49.3 Å². The van der Waals surface area contributed by atoms with Gasteiger partial charge < -0.3 is 10.4 Å². The molecule has 1 aliphatic heterocycles. The molecule has 2 unspecified atom stereocenters. The predicted octanol–water partition coefficient (Wildman–Crippen LogP) is 0.529. The van der Waals surface area contributed by atoms with E-state index in [0.29, 0.717) is 6.42 Å². The summed E-state index contributed by atoms with van der Waals surface area (Å²) in [5, 5.41) is 12.3. The molecule has 0 aromatic heterocycles. The van der Waals surface area contributed by atoms with Crippen LogP contribution in [0.4, 0.5) is 0 Å². The molecule has 3 heteroatoms. The van der Waals surface area contributed by atoms with Gasteiger partial charge in [0.1, 0.15) is 0 Å². The van der Waals surface area contributed by atoms with E-state index >= 15 is 0 Å². The molecular weight excluding hydrogens is 154 g/mol. The van der Waals surface area contributed by atoms with Crippen molar-refractivity contribution in [2.75, 3.05) is 6.54 Å². The molecule has 2 atom stereocenters. The number of carbonyl (C=O) groups is 1. The molecule has 12 heavy (non-hydrogen) atoms. The third-order valence-electron chi connectivity index (χ3n) is 2.46. The molecular formula is C9H17NO2. The Morgan fingerprint density at radius 2 is 2.33 bits per heavy atom. The molecule has 0 aromatic rings. The van der Waals surface area contributed by atoms with Crippen molar-refractivity contribution in [2.24, 2.45) is 11.8 Å². The van der Waals surface area contributed by atoms with Gasteiger partial charge in [0.25, 0.3) is 0 Å². The van der Waals surface area contributed by atoms with Crippen molar-refractivity contribution < 1.29 is 9.90 Å². The van der Waals surface area contributed by atoms with Crippen LogP contribution in [0.15, 0.2) is 0 Å². The van der Waals surface area contributed by atoms with Crippen LogP contribution in [0, 0.1) is 11.8 Å². The molecule has 0 aliphatic carbocycles. The highest BCUT2D eigenvalue weighted by molar-refractivity contribution is 5.80. The number of carbonyl (C=O) groups excluding carboxylic acids is 1. The van der Waals surface area contributed by atoms with E-state index in [2.05, 4.69) is 5.32 Å². The minimum Gasteiger partial charge on any atom is -0.393 e. The summed E-state index contributed by atoms with van der Waals surface area (Å²) in [5.41, 5.74) is 0. The van der Waals surface area contributed by atoms with Crippen molar-refractivity contribution >= 4 is 5.91 Å². The molecule has 0 bridgehead atoms. The zero-order chi connectivity index (χ0) is 9.14. The lowest BCUT2D eigenvalue weighted by Crippen LogP contribution is -2.25. The van der Waals surface area contributed by atoms with Crippen molar-refractivity contribution in [3.05, 3.63) is 0 Å². The molecule has 0 aromatic carbocycles. The summed E-state index contributed by atoms with van der Waals surface area (Å²) in [5.74, 6) is 0.399. The number of aliphatic hydroxyl groups excluding tert-OH is 1. The summed E-state index contributed by atoms with van der Waals surface area (Å²) in [6.45, 7) is 4.71. The third kappa shape index (κ3) is 2.21. The van der Waals surface area contributed by atoms with Gasteiger partial charge >= 0.3 is 0 Å². The predicted molar refractivity (Wildman–Crippen MR) is 46.6 cm³/mol. The number of aliphatic hydroxyl groups is 1. The zero-order valence-electron chi connectivity index (χ0n) is 7.71. The molecule has 2 N–H and O–H groups in total. The lowest BCUT2D eigenvalue weighted by molar-refractivity contribution is -0.123. The first kappa shape index (κ1) is 9.52. The van der Waals surface area contributed by atoms with Gasteiger partial charge in [-0.25, -0.2) is 0 Å². The number of amides is 1. The Hall–Kier alpha value is -0.570. The maximum Gasteiger partial charge on any atom is 0.223 e. The van der Waals surface area contributed by atoms with Gasteiger partial charge in [0.2, 0.25) is 5.91 Å². The lowest BCUT2D eigenvalue weighted by atomic mass is 9.94. The maximum atomic E-state index is 11.1. The monoisotopic (exact) mass is 171 g/mol. The number of nitrogens with one attached hydrogen (secondary N) is 1. The van der Waals surface area contributed by atoms with Crippen LogP contribution in [0.1, 0.15) is 26.7 Å². The minimum atomic E-state index is -0.334. The van der Waals surface area contributed by atoms with E-state index < -0.39 is 0 Å². The first-order chi connectivity index (χ1) is 5.61.